The molecular formula is C13H19N3O2. The lowest BCUT2D eigenvalue weighted by atomic mass is 10.2. The summed E-state index contributed by atoms with van der Waals surface area (Å²) in [5, 5.41) is 3.11. The zero-order valence-corrected chi connectivity index (χ0v) is 10.8. The molecule has 1 amide bonds. The quantitative estimate of drug-likeness (QED) is 0.879. The van der Waals surface area contributed by atoms with Crippen LogP contribution < -0.4 is 5.32 Å². The van der Waals surface area contributed by atoms with Gasteiger partial charge in [-0.25, -0.2) is 4.98 Å². The third-order valence-electron chi connectivity index (χ3n) is 3.00. The molecule has 0 unspecified atom stereocenters. The molecule has 5 nitrogen and oxygen atoms in total. The Bertz CT molecular complexity index is 405. The second kappa shape index (κ2) is 5.82. The number of carbonyl (C=O) groups is 1. The molecule has 18 heavy (non-hydrogen) atoms. The van der Waals surface area contributed by atoms with Crippen LogP contribution in [0, 0.1) is 0 Å². The molecule has 1 N–H and O–H groups in total. The van der Waals surface area contributed by atoms with E-state index in [9.17, 15) is 4.79 Å². The summed E-state index contributed by atoms with van der Waals surface area (Å²) < 4.78 is 5.33. The van der Waals surface area contributed by atoms with Crippen molar-refractivity contribution in [2.75, 3.05) is 31.6 Å². The third-order valence-corrected chi connectivity index (χ3v) is 3.00. The molecule has 1 aliphatic heterocycles. The molecule has 0 spiro atoms. The van der Waals surface area contributed by atoms with E-state index in [1.807, 2.05) is 30.9 Å². The minimum Gasteiger partial charge on any atom is -0.377 e. The van der Waals surface area contributed by atoms with Crippen molar-refractivity contribution in [3.63, 3.8) is 0 Å². The zero-order chi connectivity index (χ0) is 13.0. The summed E-state index contributed by atoms with van der Waals surface area (Å²) in [4.78, 5) is 18.3. The number of aromatic nitrogens is 1. The van der Waals surface area contributed by atoms with E-state index in [0.717, 1.165) is 12.4 Å². The summed E-state index contributed by atoms with van der Waals surface area (Å²) in [5.41, 5.74) is 0.630. The molecule has 0 bridgehead atoms. The molecule has 2 heterocycles. The van der Waals surface area contributed by atoms with Gasteiger partial charge >= 0.3 is 0 Å². The van der Waals surface area contributed by atoms with Crippen LogP contribution >= 0.6 is 0 Å². The number of pyridine rings is 1. The Morgan fingerprint density at radius 1 is 1.61 bits per heavy atom. The summed E-state index contributed by atoms with van der Waals surface area (Å²) in [7, 11) is 0. The summed E-state index contributed by atoms with van der Waals surface area (Å²) in [5.74, 6) is 0.824. The number of morpholine rings is 1. The van der Waals surface area contributed by atoms with Crippen LogP contribution in [0.4, 0.5) is 5.82 Å². The predicted molar refractivity (Wildman–Crippen MR) is 69.7 cm³/mol. The average molecular weight is 249 g/mol. The minimum atomic E-state index is 0.0290. The van der Waals surface area contributed by atoms with Crippen LogP contribution in [0.25, 0.3) is 0 Å². The zero-order valence-electron chi connectivity index (χ0n) is 10.8. The van der Waals surface area contributed by atoms with Crippen LogP contribution in [0.1, 0.15) is 24.2 Å². The highest BCUT2D eigenvalue weighted by Gasteiger charge is 2.24. The van der Waals surface area contributed by atoms with Gasteiger partial charge in [-0.1, -0.05) is 0 Å². The SMILES string of the molecule is CCNc1ccc(C(=O)N2CCOC[C@@H]2C)cn1. The lowest BCUT2D eigenvalue weighted by Crippen LogP contribution is -2.47. The summed E-state index contributed by atoms with van der Waals surface area (Å²) in [6.45, 7) is 6.69. The van der Waals surface area contributed by atoms with Gasteiger partial charge in [0.05, 0.1) is 24.8 Å². The number of anilines is 1. The number of hydrogen-bond donors (Lipinski definition) is 1. The Hall–Kier alpha value is -1.62. The second-order valence-electron chi connectivity index (χ2n) is 4.38. The molecule has 1 atom stereocenters. The normalized spacial score (nSPS) is 19.7. The first kappa shape index (κ1) is 12.8. The number of nitrogens with one attached hydrogen (secondary N) is 1. The van der Waals surface area contributed by atoms with Crippen molar-refractivity contribution in [1.82, 2.24) is 9.88 Å². The average Bonchev–Trinajstić information content (AvgIpc) is 2.40. The maximum Gasteiger partial charge on any atom is 0.255 e. The van der Waals surface area contributed by atoms with Crippen molar-refractivity contribution in [2.45, 2.75) is 19.9 Å². The Balaban J connectivity index is 2.08. The van der Waals surface area contributed by atoms with Crippen molar-refractivity contribution in [3.8, 4) is 0 Å². The number of rotatable bonds is 3. The maximum atomic E-state index is 12.3. The fourth-order valence-corrected chi connectivity index (χ4v) is 2.00. The first-order valence-electron chi connectivity index (χ1n) is 6.31. The standard InChI is InChI=1S/C13H19N3O2/c1-3-14-12-5-4-11(8-15-12)13(17)16-6-7-18-9-10(16)2/h4-5,8,10H,3,6-7,9H2,1-2H3,(H,14,15)/t10-/m0/s1. The topological polar surface area (TPSA) is 54.5 Å². The van der Waals surface area contributed by atoms with Gasteiger partial charge in [-0.3, -0.25) is 4.79 Å². The number of amides is 1. The molecular weight excluding hydrogens is 230 g/mol. The maximum absolute atomic E-state index is 12.3. The largest absolute Gasteiger partial charge is 0.377 e. The van der Waals surface area contributed by atoms with Gasteiger partial charge in [-0.2, -0.15) is 0 Å². The van der Waals surface area contributed by atoms with Crippen LogP contribution in [-0.4, -0.2) is 48.1 Å². The van der Waals surface area contributed by atoms with Gasteiger partial charge in [-0.15, -0.1) is 0 Å². The second-order valence-corrected chi connectivity index (χ2v) is 4.38. The van der Waals surface area contributed by atoms with E-state index in [0.29, 0.717) is 25.3 Å². The molecule has 1 aromatic rings. The summed E-state index contributed by atoms with van der Waals surface area (Å²) in [6, 6.07) is 3.77. The molecule has 0 radical (unpaired) electrons. The van der Waals surface area contributed by atoms with E-state index in [4.69, 9.17) is 4.74 Å². The van der Waals surface area contributed by atoms with Gasteiger partial charge in [0.1, 0.15) is 5.82 Å². The molecule has 1 aromatic heterocycles. The van der Waals surface area contributed by atoms with E-state index in [1.54, 1.807) is 6.20 Å². The van der Waals surface area contributed by atoms with Gasteiger partial charge in [0.2, 0.25) is 0 Å². The Morgan fingerprint density at radius 3 is 3.06 bits per heavy atom. The molecule has 0 saturated carbocycles. The van der Waals surface area contributed by atoms with Gasteiger partial charge in [0, 0.05) is 19.3 Å². The predicted octanol–water partition coefficient (Wildman–Crippen LogP) is 1.37. The molecule has 1 aliphatic rings. The first-order chi connectivity index (χ1) is 8.72. The van der Waals surface area contributed by atoms with Crippen molar-refractivity contribution in [2.24, 2.45) is 0 Å². The van der Waals surface area contributed by atoms with Crippen molar-refractivity contribution in [1.29, 1.82) is 0 Å². The van der Waals surface area contributed by atoms with E-state index < -0.39 is 0 Å². The minimum absolute atomic E-state index is 0.0290. The van der Waals surface area contributed by atoms with Gasteiger partial charge in [0.25, 0.3) is 5.91 Å². The summed E-state index contributed by atoms with van der Waals surface area (Å²) in [6.07, 6.45) is 1.63. The van der Waals surface area contributed by atoms with E-state index in [1.165, 1.54) is 0 Å². The Labute approximate surface area is 107 Å². The lowest BCUT2D eigenvalue weighted by Gasteiger charge is -2.33. The van der Waals surface area contributed by atoms with Gasteiger partial charge < -0.3 is 15.0 Å². The van der Waals surface area contributed by atoms with Crippen LogP contribution in [0.2, 0.25) is 0 Å². The molecule has 2 rings (SSSR count). The van der Waals surface area contributed by atoms with Crippen molar-refractivity contribution < 1.29 is 9.53 Å². The van der Waals surface area contributed by atoms with Gasteiger partial charge in [-0.05, 0) is 26.0 Å². The highest BCUT2D eigenvalue weighted by Crippen LogP contribution is 2.13. The number of hydrogen-bond acceptors (Lipinski definition) is 4. The smallest absolute Gasteiger partial charge is 0.255 e. The van der Waals surface area contributed by atoms with E-state index in [-0.39, 0.29) is 11.9 Å². The molecule has 5 heteroatoms. The van der Waals surface area contributed by atoms with E-state index >= 15 is 0 Å². The molecule has 1 fully saturated rings. The van der Waals surface area contributed by atoms with Gasteiger partial charge in [0.15, 0.2) is 0 Å². The van der Waals surface area contributed by atoms with Crippen molar-refractivity contribution in [3.05, 3.63) is 23.9 Å². The molecule has 98 valence electrons. The Morgan fingerprint density at radius 2 is 2.44 bits per heavy atom. The number of ether oxygens (including phenoxy) is 1. The highest BCUT2D eigenvalue weighted by molar-refractivity contribution is 5.94. The fourth-order valence-electron chi connectivity index (χ4n) is 2.00. The third kappa shape index (κ3) is 2.79. The van der Waals surface area contributed by atoms with Crippen LogP contribution in [0.3, 0.4) is 0 Å². The first-order valence-corrected chi connectivity index (χ1v) is 6.31. The van der Waals surface area contributed by atoms with Crippen molar-refractivity contribution >= 4 is 11.7 Å². The Kier molecular flexibility index (Phi) is 4.15. The molecule has 1 saturated heterocycles. The summed E-state index contributed by atoms with van der Waals surface area (Å²) >= 11 is 0. The number of carbonyl (C=O) groups excluding carboxylic acids is 1. The lowest BCUT2D eigenvalue weighted by molar-refractivity contribution is 0.00357. The highest BCUT2D eigenvalue weighted by atomic mass is 16.5. The molecule has 0 aromatic carbocycles. The van der Waals surface area contributed by atoms with Crippen LogP contribution in [0.5, 0.6) is 0 Å². The monoisotopic (exact) mass is 249 g/mol. The van der Waals surface area contributed by atoms with Crippen LogP contribution in [-0.2, 0) is 4.74 Å². The fraction of sp³-hybridized carbons (Fsp3) is 0.538. The molecule has 0 aliphatic carbocycles. The number of nitrogens with zero attached hydrogens (tertiary/aromatic N) is 2. The van der Waals surface area contributed by atoms with E-state index in [2.05, 4.69) is 10.3 Å². The van der Waals surface area contributed by atoms with Crippen LogP contribution in [0.15, 0.2) is 18.3 Å².